The lowest BCUT2D eigenvalue weighted by atomic mass is 9.96. The second-order valence-corrected chi connectivity index (χ2v) is 6.18. The number of cyclic esters (lactones) is 1. The van der Waals surface area contributed by atoms with E-state index in [4.69, 9.17) is 21.6 Å². The second kappa shape index (κ2) is 9.26. The number of hydrogen-bond acceptors (Lipinski definition) is 3. The number of carbonyl (C=O) groups excluding carboxylic acids is 1. The number of halogens is 1. The van der Waals surface area contributed by atoms with Gasteiger partial charge < -0.3 is 4.74 Å². The van der Waals surface area contributed by atoms with Crippen LogP contribution in [-0.4, -0.2) is 12.1 Å². The molecule has 0 N–H and O–H groups in total. The minimum absolute atomic E-state index is 0.113. The lowest BCUT2D eigenvalue weighted by molar-refractivity contribution is 0.131. The van der Waals surface area contributed by atoms with Crippen LogP contribution in [0.15, 0.2) is 48.5 Å². The van der Waals surface area contributed by atoms with Crippen molar-refractivity contribution in [1.82, 2.24) is 0 Å². The summed E-state index contributed by atoms with van der Waals surface area (Å²) in [6.07, 6.45) is 0.958. The van der Waals surface area contributed by atoms with Crippen LogP contribution in [0.25, 0.3) is 0 Å². The minimum atomic E-state index is -0.388. The monoisotopic (exact) mass is 370 g/mol. The van der Waals surface area contributed by atoms with Gasteiger partial charge in [-0.3, -0.25) is 4.90 Å². The zero-order chi connectivity index (χ0) is 19.1. The summed E-state index contributed by atoms with van der Waals surface area (Å²) < 4.78 is 5.65. The predicted octanol–water partition coefficient (Wildman–Crippen LogP) is 6.10. The third kappa shape index (κ3) is 4.17. The van der Waals surface area contributed by atoms with E-state index in [9.17, 15) is 4.79 Å². The first-order valence-electron chi connectivity index (χ1n) is 8.89. The highest BCUT2D eigenvalue weighted by Gasteiger charge is 2.42. The van der Waals surface area contributed by atoms with E-state index in [1.165, 1.54) is 0 Å². The lowest BCUT2D eigenvalue weighted by Crippen LogP contribution is -2.34. The van der Waals surface area contributed by atoms with Gasteiger partial charge in [-0.2, -0.15) is 5.26 Å². The SMILES string of the molecule is CC.CCCC1C(c2cccc(C#N)c2)OC(=O)N1c1ccc(Cl)cc1. The maximum absolute atomic E-state index is 12.5. The van der Waals surface area contributed by atoms with Crippen molar-refractivity contribution in [2.45, 2.75) is 45.8 Å². The average Bonchev–Trinajstić information content (AvgIpc) is 3.01. The van der Waals surface area contributed by atoms with Crippen molar-refractivity contribution >= 4 is 23.4 Å². The summed E-state index contributed by atoms with van der Waals surface area (Å²) in [4.78, 5) is 14.2. The molecule has 26 heavy (non-hydrogen) atoms. The van der Waals surface area contributed by atoms with Crippen molar-refractivity contribution in [2.75, 3.05) is 4.90 Å². The van der Waals surface area contributed by atoms with Crippen LogP contribution in [0.2, 0.25) is 5.02 Å². The van der Waals surface area contributed by atoms with E-state index in [-0.39, 0.29) is 18.2 Å². The third-order valence-electron chi connectivity index (χ3n) is 4.14. The van der Waals surface area contributed by atoms with Gasteiger partial charge in [0.05, 0.1) is 17.7 Å². The van der Waals surface area contributed by atoms with Crippen molar-refractivity contribution in [2.24, 2.45) is 0 Å². The molecule has 0 spiro atoms. The van der Waals surface area contributed by atoms with Gasteiger partial charge in [0.25, 0.3) is 0 Å². The van der Waals surface area contributed by atoms with Crippen LogP contribution in [0.3, 0.4) is 0 Å². The van der Waals surface area contributed by atoms with Crippen molar-refractivity contribution in [3.63, 3.8) is 0 Å². The normalized spacial score (nSPS) is 18.6. The van der Waals surface area contributed by atoms with Gasteiger partial charge in [0.2, 0.25) is 0 Å². The topological polar surface area (TPSA) is 53.3 Å². The quantitative estimate of drug-likeness (QED) is 0.652. The van der Waals surface area contributed by atoms with Crippen molar-refractivity contribution in [3.05, 3.63) is 64.7 Å². The molecule has 2 unspecified atom stereocenters. The molecule has 0 radical (unpaired) electrons. The molecule has 2 atom stereocenters. The van der Waals surface area contributed by atoms with Crippen molar-refractivity contribution in [1.29, 1.82) is 5.26 Å². The van der Waals surface area contributed by atoms with E-state index < -0.39 is 0 Å². The highest BCUT2D eigenvalue weighted by atomic mass is 35.5. The third-order valence-corrected chi connectivity index (χ3v) is 4.39. The Labute approximate surface area is 160 Å². The van der Waals surface area contributed by atoms with Crippen LogP contribution in [0.5, 0.6) is 0 Å². The molecular formula is C21H23ClN2O2. The number of benzene rings is 2. The number of carbonyl (C=O) groups is 1. The molecule has 0 aliphatic carbocycles. The molecule has 136 valence electrons. The maximum atomic E-state index is 12.5. The van der Waals surface area contributed by atoms with Gasteiger partial charge in [0, 0.05) is 10.7 Å². The van der Waals surface area contributed by atoms with Gasteiger partial charge in [-0.1, -0.05) is 50.9 Å². The summed E-state index contributed by atoms with van der Waals surface area (Å²) in [6.45, 7) is 6.07. The molecule has 1 aliphatic heterocycles. The Bertz CT molecular complexity index is 783. The van der Waals surface area contributed by atoms with E-state index in [0.717, 1.165) is 24.1 Å². The largest absolute Gasteiger partial charge is 0.439 e. The number of hydrogen-bond donors (Lipinski definition) is 0. The zero-order valence-electron chi connectivity index (χ0n) is 15.3. The molecule has 3 rings (SSSR count). The number of nitrogens with zero attached hydrogens (tertiary/aromatic N) is 2. The van der Waals surface area contributed by atoms with Gasteiger partial charge >= 0.3 is 6.09 Å². The molecule has 1 fully saturated rings. The average molecular weight is 371 g/mol. The second-order valence-electron chi connectivity index (χ2n) is 5.74. The fraction of sp³-hybridized carbons (Fsp3) is 0.333. The van der Waals surface area contributed by atoms with Gasteiger partial charge in [-0.05, 0) is 48.4 Å². The van der Waals surface area contributed by atoms with Crippen molar-refractivity contribution < 1.29 is 9.53 Å². The predicted molar refractivity (Wildman–Crippen MR) is 104 cm³/mol. The molecule has 1 heterocycles. The standard InChI is InChI=1S/C19H17ClN2O2.C2H6/c1-2-4-17-18(14-6-3-5-13(11-14)12-21)24-19(23)22(17)16-9-7-15(20)8-10-16;1-2/h3,5-11,17-18H,2,4H2,1H3;1-2H3. The van der Waals surface area contributed by atoms with Crippen LogP contribution in [0.4, 0.5) is 10.5 Å². The van der Waals surface area contributed by atoms with Crippen LogP contribution >= 0.6 is 11.6 Å². The smallest absolute Gasteiger partial charge is 0.415 e. The summed E-state index contributed by atoms with van der Waals surface area (Å²) in [6, 6.07) is 16.4. The van der Waals surface area contributed by atoms with E-state index in [0.29, 0.717) is 10.6 Å². The lowest BCUT2D eigenvalue weighted by Gasteiger charge is -2.24. The Balaban J connectivity index is 0.00000117. The molecule has 1 saturated heterocycles. The van der Waals surface area contributed by atoms with Crippen LogP contribution < -0.4 is 4.90 Å². The number of nitriles is 1. The molecule has 0 aromatic heterocycles. The van der Waals surface area contributed by atoms with Crippen LogP contribution in [-0.2, 0) is 4.74 Å². The first kappa shape index (κ1) is 19.8. The molecule has 0 saturated carbocycles. The first-order valence-corrected chi connectivity index (χ1v) is 9.27. The van der Waals surface area contributed by atoms with E-state index in [1.807, 2.05) is 38.1 Å². The fourth-order valence-corrected chi connectivity index (χ4v) is 3.19. The molecule has 2 aromatic carbocycles. The summed E-state index contributed by atoms with van der Waals surface area (Å²) in [5.74, 6) is 0. The zero-order valence-corrected chi connectivity index (χ0v) is 16.0. The van der Waals surface area contributed by atoms with Gasteiger partial charge in [-0.15, -0.1) is 0 Å². The van der Waals surface area contributed by atoms with Crippen molar-refractivity contribution in [3.8, 4) is 6.07 Å². The van der Waals surface area contributed by atoms with Gasteiger partial charge in [-0.25, -0.2) is 4.79 Å². The Kier molecular flexibility index (Phi) is 7.06. The molecule has 0 bridgehead atoms. The van der Waals surface area contributed by atoms with Crippen LogP contribution in [0.1, 0.15) is 50.8 Å². The first-order chi connectivity index (χ1) is 12.6. The fourth-order valence-electron chi connectivity index (χ4n) is 3.06. The maximum Gasteiger partial charge on any atom is 0.415 e. The summed E-state index contributed by atoms with van der Waals surface area (Å²) in [7, 11) is 0. The number of rotatable bonds is 4. The number of anilines is 1. The molecule has 5 heteroatoms. The minimum Gasteiger partial charge on any atom is -0.439 e. The van der Waals surface area contributed by atoms with Gasteiger partial charge in [0.15, 0.2) is 0 Å². The Morgan fingerprint density at radius 3 is 2.50 bits per heavy atom. The van der Waals surface area contributed by atoms with E-state index >= 15 is 0 Å². The number of amides is 1. The Hall–Kier alpha value is -2.51. The summed E-state index contributed by atoms with van der Waals surface area (Å²) in [5.41, 5.74) is 2.17. The molecule has 2 aromatic rings. The number of ether oxygens (including phenoxy) is 1. The van der Waals surface area contributed by atoms with Gasteiger partial charge in [0.1, 0.15) is 6.10 Å². The highest BCUT2D eigenvalue weighted by molar-refractivity contribution is 6.30. The van der Waals surface area contributed by atoms with E-state index in [1.54, 1.807) is 29.2 Å². The molecule has 1 amide bonds. The Morgan fingerprint density at radius 1 is 1.19 bits per heavy atom. The molecule has 4 nitrogen and oxygen atoms in total. The summed E-state index contributed by atoms with van der Waals surface area (Å²) >= 11 is 5.94. The van der Waals surface area contributed by atoms with E-state index in [2.05, 4.69) is 13.0 Å². The Morgan fingerprint density at radius 2 is 1.88 bits per heavy atom. The van der Waals surface area contributed by atoms with Crippen LogP contribution in [0, 0.1) is 11.3 Å². The summed E-state index contributed by atoms with van der Waals surface area (Å²) in [5, 5.41) is 9.72. The highest BCUT2D eigenvalue weighted by Crippen LogP contribution is 2.38. The molecular weight excluding hydrogens is 348 g/mol. The molecule has 1 aliphatic rings.